The fourth-order valence-corrected chi connectivity index (χ4v) is 2.26. The smallest absolute Gasteiger partial charge is 0.345 e. The minimum Gasteiger partial charge on any atom is -0.464 e. The van der Waals surface area contributed by atoms with E-state index in [0.29, 0.717) is 25.7 Å². The monoisotopic (exact) mass is 284 g/mol. The molecule has 0 spiro atoms. The highest BCUT2D eigenvalue weighted by atomic mass is 35.5. The molecule has 0 amide bonds. The lowest BCUT2D eigenvalue weighted by molar-refractivity contribution is -0.265. The van der Waals surface area contributed by atoms with E-state index in [4.69, 9.17) is 25.8 Å². The second-order valence-electron chi connectivity index (χ2n) is 4.18. The molecule has 0 aromatic heterocycles. The van der Waals surface area contributed by atoms with Crippen LogP contribution in [0.2, 0.25) is 0 Å². The minimum absolute atomic E-state index is 0.305. The zero-order valence-corrected chi connectivity index (χ0v) is 11.6. The van der Waals surface area contributed by atoms with E-state index in [-0.39, 0.29) is 6.10 Å². The Morgan fingerprint density at radius 3 is 2.74 bits per heavy atom. The van der Waals surface area contributed by atoms with Crippen LogP contribution in [0.4, 0.5) is 0 Å². The number of esters is 1. The molecule has 0 radical (unpaired) electrons. The van der Waals surface area contributed by atoms with E-state index in [9.17, 15) is 4.79 Å². The van der Waals surface area contributed by atoms with E-state index in [2.05, 4.69) is 0 Å². The lowest BCUT2D eigenvalue weighted by Crippen LogP contribution is -2.62. The molecule has 2 atom stereocenters. The lowest BCUT2D eigenvalue weighted by atomic mass is 9.83. The van der Waals surface area contributed by atoms with E-state index >= 15 is 0 Å². The molecule has 1 saturated heterocycles. The highest BCUT2D eigenvalue weighted by molar-refractivity contribution is 6.17. The third-order valence-electron chi connectivity index (χ3n) is 3.09. The minimum atomic E-state index is -1.15. The van der Waals surface area contributed by atoms with Gasteiger partial charge >= 0.3 is 5.97 Å². The van der Waals surface area contributed by atoms with Gasteiger partial charge in [0, 0.05) is 5.88 Å². The van der Waals surface area contributed by atoms with Crippen LogP contribution >= 0.6 is 11.6 Å². The number of benzene rings is 1. The normalized spacial score (nSPS) is 25.7. The second-order valence-corrected chi connectivity index (χ2v) is 4.56. The largest absolute Gasteiger partial charge is 0.464 e. The summed E-state index contributed by atoms with van der Waals surface area (Å²) in [6.45, 7) is 2.82. The molecular formula is C14H17ClO4. The predicted octanol–water partition coefficient (Wildman–Crippen LogP) is 2.10. The molecule has 0 aliphatic carbocycles. The second kappa shape index (κ2) is 6.37. The summed E-state index contributed by atoms with van der Waals surface area (Å²) in [4.78, 5) is 12.3. The zero-order chi connectivity index (χ0) is 13.7. The van der Waals surface area contributed by atoms with Gasteiger partial charge in [-0.3, -0.25) is 0 Å². The topological polar surface area (TPSA) is 44.8 Å². The summed E-state index contributed by atoms with van der Waals surface area (Å²) < 4.78 is 16.3. The maximum absolute atomic E-state index is 12.3. The van der Waals surface area contributed by atoms with Crippen LogP contribution in [0.1, 0.15) is 12.5 Å². The molecule has 4 nitrogen and oxygen atoms in total. The van der Waals surface area contributed by atoms with Crippen LogP contribution in [0.5, 0.6) is 0 Å². The number of ether oxygens (including phenoxy) is 3. The molecule has 1 aromatic carbocycles. The van der Waals surface area contributed by atoms with Crippen molar-refractivity contribution in [3.05, 3.63) is 35.9 Å². The van der Waals surface area contributed by atoms with Gasteiger partial charge < -0.3 is 14.2 Å². The van der Waals surface area contributed by atoms with Crippen molar-refractivity contribution in [3.8, 4) is 0 Å². The number of halogens is 1. The van der Waals surface area contributed by atoms with Crippen molar-refractivity contribution < 1.29 is 19.0 Å². The van der Waals surface area contributed by atoms with Crippen LogP contribution in [0.15, 0.2) is 30.3 Å². The van der Waals surface area contributed by atoms with Crippen molar-refractivity contribution in [2.24, 2.45) is 0 Å². The molecule has 0 bridgehead atoms. The molecule has 2 rings (SSSR count). The molecule has 1 fully saturated rings. The van der Waals surface area contributed by atoms with Gasteiger partial charge in [0.25, 0.3) is 0 Å². The first-order valence-corrected chi connectivity index (χ1v) is 6.83. The summed E-state index contributed by atoms with van der Waals surface area (Å²) in [6.07, 6.45) is -0.354. The van der Waals surface area contributed by atoms with Crippen LogP contribution in [0, 0.1) is 0 Å². The van der Waals surface area contributed by atoms with Gasteiger partial charge in [0.05, 0.1) is 19.8 Å². The van der Waals surface area contributed by atoms with Gasteiger partial charge in [0.1, 0.15) is 6.10 Å². The number of carbonyl (C=O) groups excluding carboxylic acids is 1. The first-order valence-electron chi connectivity index (χ1n) is 6.30. The fourth-order valence-electron chi connectivity index (χ4n) is 2.17. The van der Waals surface area contributed by atoms with Crippen molar-refractivity contribution in [2.45, 2.75) is 18.6 Å². The van der Waals surface area contributed by atoms with Crippen LogP contribution in [-0.4, -0.2) is 37.8 Å². The van der Waals surface area contributed by atoms with Crippen molar-refractivity contribution in [1.82, 2.24) is 0 Å². The molecule has 1 aliphatic rings. The summed E-state index contributed by atoms with van der Waals surface area (Å²) >= 11 is 5.62. The summed E-state index contributed by atoms with van der Waals surface area (Å²) in [7, 11) is 0. The van der Waals surface area contributed by atoms with E-state index in [0.717, 1.165) is 5.56 Å². The Morgan fingerprint density at radius 1 is 1.47 bits per heavy atom. The van der Waals surface area contributed by atoms with Crippen molar-refractivity contribution in [3.63, 3.8) is 0 Å². The van der Waals surface area contributed by atoms with Crippen molar-refractivity contribution >= 4 is 17.6 Å². The molecule has 5 heteroatoms. The van der Waals surface area contributed by atoms with E-state index < -0.39 is 11.6 Å². The van der Waals surface area contributed by atoms with Crippen LogP contribution in [0.3, 0.4) is 0 Å². The molecule has 0 unspecified atom stereocenters. The SMILES string of the molecule is CCOC(=O)[C@@]1(c2ccccc2)OC[C@H]1OCCCl. The van der Waals surface area contributed by atoms with Gasteiger partial charge in [-0.25, -0.2) is 4.79 Å². The Balaban J connectivity index is 2.26. The number of hydrogen-bond donors (Lipinski definition) is 0. The maximum Gasteiger partial charge on any atom is 0.345 e. The fraction of sp³-hybridized carbons (Fsp3) is 0.500. The third-order valence-corrected chi connectivity index (χ3v) is 3.25. The van der Waals surface area contributed by atoms with E-state index in [1.165, 1.54) is 0 Å². The number of alkyl halides is 1. The number of rotatable bonds is 6. The van der Waals surface area contributed by atoms with Gasteiger partial charge in [-0.1, -0.05) is 30.3 Å². The van der Waals surface area contributed by atoms with Gasteiger partial charge in [0.15, 0.2) is 0 Å². The first-order chi connectivity index (χ1) is 9.25. The van der Waals surface area contributed by atoms with Gasteiger partial charge in [-0.15, -0.1) is 11.6 Å². The molecule has 104 valence electrons. The third kappa shape index (κ3) is 2.61. The molecule has 19 heavy (non-hydrogen) atoms. The van der Waals surface area contributed by atoms with Crippen molar-refractivity contribution in [2.75, 3.05) is 25.7 Å². The number of hydrogen-bond acceptors (Lipinski definition) is 4. The van der Waals surface area contributed by atoms with Gasteiger partial charge in [0.2, 0.25) is 5.60 Å². The number of carbonyl (C=O) groups is 1. The average molecular weight is 285 g/mol. The van der Waals surface area contributed by atoms with E-state index in [1.54, 1.807) is 6.92 Å². The maximum atomic E-state index is 12.3. The predicted molar refractivity (Wildman–Crippen MR) is 71.2 cm³/mol. The summed E-state index contributed by atoms with van der Waals surface area (Å²) in [5.74, 6) is -0.0310. The Labute approximate surface area is 117 Å². The Kier molecular flexibility index (Phi) is 4.80. The molecular weight excluding hydrogens is 268 g/mol. The van der Waals surface area contributed by atoms with Crippen molar-refractivity contribution in [1.29, 1.82) is 0 Å². The van der Waals surface area contributed by atoms with Crippen LogP contribution in [-0.2, 0) is 24.6 Å². The molecule has 0 saturated carbocycles. The van der Waals surface area contributed by atoms with Gasteiger partial charge in [-0.2, -0.15) is 0 Å². The summed E-state index contributed by atoms with van der Waals surface area (Å²) in [5, 5.41) is 0. The average Bonchev–Trinajstić information content (AvgIpc) is 2.40. The van der Waals surface area contributed by atoms with E-state index in [1.807, 2.05) is 30.3 Å². The van der Waals surface area contributed by atoms with Crippen LogP contribution in [0.25, 0.3) is 0 Å². The molecule has 1 heterocycles. The van der Waals surface area contributed by atoms with Crippen LogP contribution < -0.4 is 0 Å². The quantitative estimate of drug-likeness (QED) is 0.593. The van der Waals surface area contributed by atoms with Gasteiger partial charge in [-0.05, 0) is 12.5 Å². The standard InChI is InChI=1S/C14H17ClO4/c1-2-17-13(16)14(11-6-4-3-5-7-11)12(10-19-14)18-9-8-15/h3-7,12H,2,8-10H2,1H3/t12-,14+/m1/s1. The summed E-state index contributed by atoms with van der Waals surface area (Å²) in [5.41, 5.74) is -0.400. The lowest BCUT2D eigenvalue weighted by Gasteiger charge is -2.46. The Hall–Kier alpha value is -1.10. The Morgan fingerprint density at radius 2 is 2.21 bits per heavy atom. The first kappa shape index (κ1) is 14.3. The highest BCUT2D eigenvalue weighted by Crippen LogP contribution is 2.40. The molecule has 1 aliphatic heterocycles. The molecule has 0 N–H and O–H groups in total. The summed E-state index contributed by atoms with van der Waals surface area (Å²) in [6, 6.07) is 9.28. The Bertz CT molecular complexity index is 423. The molecule has 1 aromatic rings. The zero-order valence-electron chi connectivity index (χ0n) is 10.8. The highest BCUT2D eigenvalue weighted by Gasteiger charge is 2.58.